The minimum atomic E-state index is -0.367. The second kappa shape index (κ2) is 7.36. The van der Waals surface area contributed by atoms with Crippen molar-refractivity contribution in [1.82, 2.24) is 0 Å². The first-order chi connectivity index (χ1) is 10.9. The van der Waals surface area contributed by atoms with E-state index in [-0.39, 0.29) is 7.92 Å². The molecule has 0 aromatic heterocycles. The molecule has 0 saturated heterocycles. The summed E-state index contributed by atoms with van der Waals surface area (Å²) in [5.74, 6) is 0. The minimum Gasteiger partial charge on any atom is -0.399 e. The predicted molar refractivity (Wildman–Crippen MR) is 107 cm³/mol. The number of hydrogen-bond acceptors (Lipinski definition) is 2. The van der Waals surface area contributed by atoms with E-state index in [9.17, 15) is 0 Å². The van der Waals surface area contributed by atoms with E-state index in [1.807, 2.05) is 0 Å². The zero-order valence-electron chi connectivity index (χ0n) is 15.0. The highest BCUT2D eigenvalue weighted by Gasteiger charge is 2.20. The van der Waals surface area contributed by atoms with E-state index in [2.05, 4.69) is 58.9 Å². The van der Waals surface area contributed by atoms with E-state index < -0.39 is 0 Å². The van der Waals surface area contributed by atoms with Crippen LogP contribution in [0.25, 0.3) is 0 Å². The fourth-order valence-corrected chi connectivity index (χ4v) is 5.95. The van der Waals surface area contributed by atoms with Gasteiger partial charge in [-0.2, -0.15) is 0 Å². The number of anilines is 2. The summed E-state index contributed by atoms with van der Waals surface area (Å²) in [6.45, 7) is 10.9. The zero-order valence-corrected chi connectivity index (χ0v) is 15.9. The fourth-order valence-electron chi connectivity index (χ4n) is 2.93. The van der Waals surface area contributed by atoms with Crippen LogP contribution in [0, 0.1) is 27.7 Å². The van der Waals surface area contributed by atoms with Gasteiger partial charge in [0.1, 0.15) is 0 Å². The molecule has 0 bridgehead atoms. The second-order valence-corrected chi connectivity index (χ2v) is 8.62. The van der Waals surface area contributed by atoms with Gasteiger partial charge in [-0.05, 0) is 93.2 Å². The Labute approximate surface area is 142 Å². The Bertz CT molecular complexity index is 650. The maximum atomic E-state index is 6.09. The lowest BCUT2D eigenvalue weighted by atomic mass is 10.1. The van der Waals surface area contributed by atoms with Crippen LogP contribution in [0.1, 0.15) is 42.0 Å². The van der Waals surface area contributed by atoms with Crippen LogP contribution in [0.5, 0.6) is 0 Å². The molecule has 124 valence electrons. The molecule has 0 heterocycles. The zero-order chi connectivity index (χ0) is 17.1. The maximum Gasteiger partial charge on any atom is 0.0346 e. The van der Waals surface area contributed by atoms with Gasteiger partial charge in [-0.3, -0.25) is 0 Å². The lowest BCUT2D eigenvalue weighted by molar-refractivity contribution is 0.893. The molecule has 2 aromatic rings. The van der Waals surface area contributed by atoms with Gasteiger partial charge in [0.2, 0.25) is 0 Å². The van der Waals surface area contributed by atoms with Crippen molar-refractivity contribution >= 4 is 29.9 Å². The van der Waals surface area contributed by atoms with Gasteiger partial charge in [-0.1, -0.05) is 25.5 Å². The van der Waals surface area contributed by atoms with E-state index in [1.165, 1.54) is 51.9 Å². The molecule has 0 fully saturated rings. The fraction of sp³-hybridized carbons (Fsp3) is 0.400. The van der Waals surface area contributed by atoms with Crippen LogP contribution in [-0.4, -0.2) is 6.16 Å². The summed E-state index contributed by atoms with van der Waals surface area (Å²) in [6.07, 6.45) is 3.69. The van der Waals surface area contributed by atoms with Gasteiger partial charge < -0.3 is 11.5 Å². The molecular formula is C20H29N2P. The maximum absolute atomic E-state index is 6.09. The normalized spacial score (nSPS) is 11.2. The average Bonchev–Trinajstić information content (AvgIpc) is 2.53. The van der Waals surface area contributed by atoms with E-state index in [0.29, 0.717) is 0 Å². The number of hydrogen-bond donors (Lipinski definition) is 2. The van der Waals surface area contributed by atoms with Gasteiger partial charge >= 0.3 is 0 Å². The van der Waals surface area contributed by atoms with Crippen LogP contribution in [-0.2, 0) is 0 Å². The Morgan fingerprint density at radius 3 is 1.57 bits per heavy atom. The van der Waals surface area contributed by atoms with Crippen molar-refractivity contribution in [3.8, 4) is 0 Å². The molecule has 2 nitrogen and oxygen atoms in total. The molecule has 0 amide bonds. The van der Waals surface area contributed by atoms with Crippen LogP contribution in [0.15, 0.2) is 24.3 Å². The van der Waals surface area contributed by atoms with Gasteiger partial charge in [0, 0.05) is 11.4 Å². The molecule has 0 aliphatic rings. The van der Waals surface area contributed by atoms with Crippen LogP contribution < -0.4 is 22.1 Å². The Hall–Kier alpha value is -1.53. The predicted octanol–water partition coefficient (Wildman–Crippen LogP) is 4.32. The Morgan fingerprint density at radius 2 is 1.17 bits per heavy atom. The third-order valence-corrected chi connectivity index (χ3v) is 7.81. The van der Waals surface area contributed by atoms with Crippen molar-refractivity contribution in [2.24, 2.45) is 0 Å². The molecule has 2 aromatic carbocycles. The Balaban J connectivity index is 2.59. The smallest absolute Gasteiger partial charge is 0.0346 e. The topological polar surface area (TPSA) is 52.0 Å². The largest absolute Gasteiger partial charge is 0.399 e. The van der Waals surface area contributed by atoms with Gasteiger partial charge in [-0.25, -0.2) is 0 Å². The van der Waals surface area contributed by atoms with Crippen molar-refractivity contribution in [2.45, 2.75) is 47.5 Å². The summed E-state index contributed by atoms with van der Waals surface area (Å²) >= 11 is 0. The first-order valence-corrected chi connectivity index (χ1v) is 9.90. The highest BCUT2D eigenvalue weighted by Crippen LogP contribution is 2.39. The van der Waals surface area contributed by atoms with E-state index >= 15 is 0 Å². The summed E-state index contributed by atoms with van der Waals surface area (Å²) in [7, 11) is -0.367. The van der Waals surface area contributed by atoms with Crippen LogP contribution >= 0.6 is 7.92 Å². The third kappa shape index (κ3) is 3.53. The molecule has 0 saturated carbocycles. The van der Waals surface area contributed by atoms with Crippen molar-refractivity contribution in [1.29, 1.82) is 0 Å². The Kier molecular flexibility index (Phi) is 5.70. The number of nitrogens with two attached hydrogens (primary N) is 2. The molecule has 0 unspecified atom stereocenters. The second-order valence-electron chi connectivity index (χ2n) is 6.35. The van der Waals surface area contributed by atoms with Gasteiger partial charge in [0.15, 0.2) is 0 Å². The standard InChI is InChI=1S/C20H29N2P/c1-6-7-12-23(19-10-8-17(21)13(2)15(19)4)20-11-9-18(22)14(3)16(20)5/h8-11H,6-7,12,21-22H2,1-5H3. The number of unbranched alkanes of at least 4 members (excludes halogenated alkanes) is 1. The van der Waals surface area contributed by atoms with Gasteiger partial charge in [-0.15, -0.1) is 0 Å². The van der Waals surface area contributed by atoms with Crippen molar-refractivity contribution in [2.75, 3.05) is 17.6 Å². The first kappa shape index (κ1) is 17.8. The highest BCUT2D eigenvalue weighted by atomic mass is 31.1. The molecule has 0 radical (unpaired) electrons. The summed E-state index contributed by atoms with van der Waals surface area (Å²) in [5.41, 5.74) is 19.1. The molecule has 4 N–H and O–H groups in total. The van der Waals surface area contributed by atoms with E-state index in [0.717, 1.165) is 11.4 Å². The van der Waals surface area contributed by atoms with Crippen LogP contribution in [0.4, 0.5) is 11.4 Å². The molecule has 0 spiro atoms. The van der Waals surface area contributed by atoms with E-state index in [4.69, 9.17) is 11.5 Å². The van der Waals surface area contributed by atoms with Gasteiger partial charge in [0.05, 0.1) is 0 Å². The Morgan fingerprint density at radius 1 is 0.739 bits per heavy atom. The highest BCUT2D eigenvalue weighted by molar-refractivity contribution is 7.73. The number of benzene rings is 2. The SMILES string of the molecule is CCCCP(c1ccc(N)c(C)c1C)c1ccc(N)c(C)c1C. The quantitative estimate of drug-likeness (QED) is 0.634. The molecular weight excluding hydrogens is 299 g/mol. The summed E-state index contributed by atoms with van der Waals surface area (Å²) in [6, 6.07) is 8.62. The average molecular weight is 328 g/mol. The minimum absolute atomic E-state index is 0.367. The first-order valence-electron chi connectivity index (χ1n) is 8.37. The lowest BCUT2D eigenvalue weighted by Gasteiger charge is -2.25. The van der Waals surface area contributed by atoms with Gasteiger partial charge in [0.25, 0.3) is 0 Å². The number of nitrogen functional groups attached to an aromatic ring is 2. The lowest BCUT2D eigenvalue weighted by Crippen LogP contribution is -2.21. The summed E-state index contributed by atoms with van der Waals surface area (Å²) < 4.78 is 0. The molecule has 2 rings (SSSR count). The van der Waals surface area contributed by atoms with Crippen molar-refractivity contribution in [3.63, 3.8) is 0 Å². The molecule has 23 heavy (non-hydrogen) atoms. The molecule has 0 atom stereocenters. The summed E-state index contributed by atoms with van der Waals surface area (Å²) in [5, 5.41) is 2.93. The number of rotatable bonds is 5. The molecule has 3 heteroatoms. The summed E-state index contributed by atoms with van der Waals surface area (Å²) in [4.78, 5) is 0. The molecule has 0 aliphatic heterocycles. The monoisotopic (exact) mass is 328 g/mol. The molecule has 0 aliphatic carbocycles. The van der Waals surface area contributed by atoms with Crippen LogP contribution in [0.2, 0.25) is 0 Å². The van der Waals surface area contributed by atoms with Crippen molar-refractivity contribution in [3.05, 3.63) is 46.5 Å². The van der Waals surface area contributed by atoms with Crippen LogP contribution in [0.3, 0.4) is 0 Å². The third-order valence-electron chi connectivity index (χ3n) is 4.92. The van der Waals surface area contributed by atoms with Crippen molar-refractivity contribution < 1.29 is 0 Å². The van der Waals surface area contributed by atoms with E-state index in [1.54, 1.807) is 0 Å².